The van der Waals surface area contributed by atoms with Crippen LogP contribution in [-0.4, -0.2) is 56.1 Å². The molecule has 0 aliphatic carbocycles. The molecule has 128 valence electrons. The summed E-state index contributed by atoms with van der Waals surface area (Å²) < 4.78 is 10.8. The number of nitrogens with zero attached hydrogens (tertiary/aromatic N) is 1. The molecular weight excluding hydrogens is 312 g/mol. The zero-order chi connectivity index (χ0) is 16.7. The first-order valence-electron chi connectivity index (χ1n) is 8.00. The summed E-state index contributed by atoms with van der Waals surface area (Å²) in [7, 11) is 1.69. The predicted molar refractivity (Wildman–Crippen MR) is 93.3 cm³/mol. The zero-order valence-corrected chi connectivity index (χ0v) is 14.9. The summed E-state index contributed by atoms with van der Waals surface area (Å²) in [5.74, 6) is 2.21. The highest BCUT2D eigenvalue weighted by Crippen LogP contribution is 2.29. The summed E-state index contributed by atoms with van der Waals surface area (Å²) in [5, 5.41) is 3.02. The first-order chi connectivity index (χ1) is 11.1. The van der Waals surface area contributed by atoms with E-state index in [9.17, 15) is 4.79 Å². The van der Waals surface area contributed by atoms with Crippen LogP contribution in [0.2, 0.25) is 0 Å². The summed E-state index contributed by atoms with van der Waals surface area (Å²) in [6.45, 7) is 6.76. The van der Waals surface area contributed by atoms with Crippen LogP contribution in [0.1, 0.15) is 13.8 Å². The Bertz CT molecular complexity index is 512. The first-order valence-corrected chi connectivity index (χ1v) is 8.99. The number of hydrogen-bond donors (Lipinski definition) is 1. The third kappa shape index (κ3) is 5.62. The number of para-hydroxylation sites is 1. The van der Waals surface area contributed by atoms with Gasteiger partial charge >= 0.3 is 6.03 Å². The van der Waals surface area contributed by atoms with Gasteiger partial charge in [0.2, 0.25) is 0 Å². The van der Waals surface area contributed by atoms with Crippen LogP contribution in [0.25, 0.3) is 0 Å². The van der Waals surface area contributed by atoms with Crippen LogP contribution in [0.5, 0.6) is 5.75 Å². The minimum absolute atomic E-state index is 0.00860. The second-order valence-corrected chi connectivity index (χ2v) is 6.94. The Morgan fingerprint density at radius 1 is 1.52 bits per heavy atom. The van der Waals surface area contributed by atoms with Crippen molar-refractivity contribution in [3.05, 3.63) is 24.3 Å². The third-order valence-corrected chi connectivity index (χ3v) is 5.11. The van der Waals surface area contributed by atoms with E-state index in [0.29, 0.717) is 32.2 Å². The van der Waals surface area contributed by atoms with Crippen LogP contribution in [0.3, 0.4) is 0 Å². The third-order valence-electron chi connectivity index (χ3n) is 3.72. The molecule has 1 aromatic carbocycles. The van der Waals surface area contributed by atoms with Gasteiger partial charge in [-0.05, 0) is 25.0 Å². The number of urea groups is 1. The highest BCUT2D eigenvalue weighted by molar-refractivity contribution is 7.99. The lowest BCUT2D eigenvalue weighted by Gasteiger charge is -2.31. The van der Waals surface area contributed by atoms with Gasteiger partial charge in [0.05, 0.1) is 19.8 Å². The molecule has 1 fully saturated rings. The number of hydrogen-bond acceptors (Lipinski definition) is 4. The fourth-order valence-electron chi connectivity index (χ4n) is 2.41. The van der Waals surface area contributed by atoms with Crippen molar-refractivity contribution in [2.75, 3.05) is 39.1 Å². The number of morpholine rings is 1. The Kier molecular flexibility index (Phi) is 7.05. The van der Waals surface area contributed by atoms with Gasteiger partial charge in [-0.1, -0.05) is 19.1 Å². The number of carbonyl (C=O) groups excluding carboxylic acids is 1. The van der Waals surface area contributed by atoms with Crippen LogP contribution >= 0.6 is 11.8 Å². The Hall–Kier alpha value is -1.40. The minimum atomic E-state index is 0.00860. The standard InChI is InChI=1S/C17H26N2O3S/c1-13(12-23-16-7-5-4-6-15(16)21-3)10-18-17(20)19-8-9-22-14(2)11-19/h4-7,13-14H,8-12H2,1-3H3,(H,18,20)/t13-,14-/m1/s1. The number of ether oxygens (including phenoxy) is 2. The van der Waals surface area contributed by atoms with Gasteiger partial charge in [-0.25, -0.2) is 4.79 Å². The molecule has 5 nitrogen and oxygen atoms in total. The number of methoxy groups -OCH3 is 1. The molecule has 0 bridgehead atoms. The molecule has 1 aliphatic rings. The lowest BCUT2D eigenvalue weighted by molar-refractivity contribution is -0.00352. The van der Waals surface area contributed by atoms with Crippen molar-refractivity contribution in [2.45, 2.75) is 24.8 Å². The van der Waals surface area contributed by atoms with E-state index < -0.39 is 0 Å². The van der Waals surface area contributed by atoms with Crippen LogP contribution < -0.4 is 10.1 Å². The van der Waals surface area contributed by atoms with Crippen molar-refractivity contribution in [3.63, 3.8) is 0 Å². The molecule has 2 atom stereocenters. The quantitative estimate of drug-likeness (QED) is 0.811. The van der Waals surface area contributed by atoms with Gasteiger partial charge in [0.25, 0.3) is 0 Å². The minimum Gasteiger partial charge on any atom is -0.496 e. The molecular formula is C17H26N2O3S. The number of benzene rings is 1. The van der Waals surface area contributed by atoms with Crippen LogP contribution in [-0.2, 0) is 4.74 Å². The number of rotatable bonds is 6. The summed E-state index contributed by atoms with van der Waals surface area (Å²) in [4.78, 5) is 15.1. The monoisotopic (exact) mass is 338 g/mol. The molecule has 1 aromatic rings. The van der Waals surface area contributed by atoms with Gasteiger partial charge in [0, 0.05) is 30.3 Å². The predicted octanol–water partition coefficient (Wildman–Crippen LogP) is 2.85. The summed E-state index contributed by atoms with van der Waals surface area (Å²) in [5.41, 5.74) is 0. The second kappa shape index (κ2) is 9.03. The fraction of sp³-hybridized carbons (Fsp3) is 0.588. The average molecular weight is 338 g/mol. The number of carbonyl (C=O) groups is 1. The second-order valence-electron chi connectivity index (χ2n) is 5.88. The van der Waals surface area contributed by atoms with Crippen LogP contribution in [0.15, 0.2) is 29.2 Å². The summed E-state index contributed by atoms with van der Waals surface area (Å²) in [6, 6.07) is 8.01. The highest BCUT2D eigenvalue weighted by Gasteiger charge is 2.21. The molecule has 1 N–H and O–H groups in total. The molecule has 6 heteroatoms. The van der Waals surface area contributed by atoms with Crippen molar-refractivity contribution < 1.29 is 14.3 Å². The van der Waals surface area contributed by atoms with Crippen molar-refractivity contribution in [3.8, 4) is 5.75 Å². The zero-order valence-electron chi connectivity index (χ0n) is 14.1. The maximum atomic E-state index is 12.2. The van der Waals surface area contributed by atoms with E-state index in [4.69, 9.17) is 9.47 Å². The molecule has 0 unspecified atom stereocenters. The SMILES string of the molecule is COc1ccccc1SC[C@H](C)CNC(=O)N1CCO[C@H](C)C1. The largest absolute Gasteiger partial charge is 0.496 e. The summed E-state index contributed by atoms with van der Waals surface area (Å²) in [6.07, 6.45) is 0.119. The molecule has 1 heterocycles. The van der Waals surface area contributed by atoms with E-state index >= 15 is 0 Å². The molecule has 0 saturated carbocycles. The number of amides is 2. The van der Waals surface area contributed by atoms with Crippen molar-refractivity contribution >= 4 is 17.8 Å². The number of nitrogens with one attached hydrogen (secondary N) is 1. The molecule has 1 saturated heterocycles. The van der Waals surface area contributed by atoms with Crippen molar-refractivity contribution in [2.24, 2.45) is 5.92 Å². The van der Waals surface area contributed by atoms with Crippen LogP contribution in [0, 0.1) is 5.92 Å². The average Bonchev–Trinajstić information content (AvgIpc) is 2.58. The molecule has 0 radical (unpaired) electrons. The normalized spacial score (nSPS) is 19.3. The molecule has 0 aromatic heterocycles. The van der Waals surface area contributed by atoms with E-state index in [1.54, 1.807) is 18.9 Å². The van der Waals surface area contributed by atoms with E-state index in [-0.39, 0.29) is 12.1 Å². The lowest BCUT2D eigenvalue weighted by atomic mass is 10.2. The van der Waals surface area contributed by atoms with Crippen molar-refractivity contribution in [1.29, 1.82) is 0 Å². The van der Waals surface area contributed by atoms with Gasteiger partial charge in [0.1, 0.15) is 5.75 Å². The number of thioether (sulfide) groups is 1. The Morgan fingerprint density at radius 3 is 3.04 bits per heavy atom. The van der Waals surface area contributed by atoms with E-state index in [1.165, 1.54) is 0 Å². The van der Waals surface area contributed by atoms with Gasteiger partial charge in [-0.15, -0.1) is 11.8 Å². The molecule has 1 aliphatic heterocycles. The Balaban J connectivity index is 1.72. The Labute approximate surface area is 142 Å². The lowest BCUT2D eigenvalue weighted by Crippen LogP contribution is -2.49. The highest BCUT2D eigenvalue weighted by atomic mass is 32.2. The molecule has 2 amide bonds. The van der Waals surface area contributed by atoms with Gasteiger partial charge in [-0.3, -0.25) is 0 Å². The van der Waals surface area contributed by atoms with Gasteiger partial charge in [0.15, 0.2) is 0 Å². The van der Waals surface area contributed by atoms with Gasteiger partial charge in [-0.2, -0.15) is 0 Å². The maximum absolute atomic E-state index is 12.2. The topological polar surface area (TPSA) is 50.8 Å². The maximum Gasteiger partial charge on any atom is 0.317 e. The molecule has 23 heavy (non-hydrogen) atoms. The Morgan fingerprint density at radius 2 is 2.30 bits per heavy atom. The molecule has 2 rings (SSSR count). The fourth-order valence-corrected chi connectivity index (χ4v) is 3.46. The van der Waals surface area contributed by atoms with Gasteiger partial charge < -0.3 is 19.7 Å². The first kappa shape index (κ1) is 17.9. The van der Waals surface area contributed by atoms with E-state index in [1.807, 2.05) is 30.0 Å². The molecule has 0 spiro atoms. The van der Waals surface area contributed by atoms with Crippen LogP contribution in [0.4, 0.5) is 4.79 Å². The van der Waals surface area contributed by atoms with E-state index in [0.717, 1.165) is 16.4 Å². The summed E-state index contributed by atoms with van der Waals surface area (Å²) >= 11 is 1.76. The smallest absolute Gasteiger partial charge is 0.317 e. The van der Waals surface area contributed by atoms with E-state index in [2.05, 4.69) is 18.3 Å². The van der Waals surface area contributed by atoms with Crippen molar-refractivity contribution in [1.82, 2.24) is 10.2 Å².